The van der Waals surface area contributed by atoms with Crippen LogP contribution in [-0.4, -0.2) is 99.1 Å². The van der Waals surface area contributed by atoms with E-state index in [1.807, 2.05) is 0 Å². The van der Waals surface area contributed by atoms with Gasteiger partial charge in [0.05, 0.1) is 99.1 Å². The van der Waals surface area contributed by atoms with Gasteiger partial charge in [0.25, 0.3) is 0 Å². The van der Waals surface area contributed by atoms with Crippen LogP contribution in [0.1, 0.15) is 0 Å². The average Bonchev–Trinajstić information content (AvgIpc) is 3.33. The van der Waals surface area contributed by atoms with Gasteiger partial charge in [-0.05, 0) is 0 Å². The van der Waals surface area contributed by atoms with E-state index in [4.69, 9.17) is 67.9 Å². The minimum absolute atomic E-state index is 0. The molecule has 0 radical (unpaired) electrons. The molecule has 0 heterocycles. The molecule has 0 bridgehead atoms. The van der Waals surface area contributed by atoms with E-state index >= 15 is 0 Å². The second kappa shape index (κ2) is 72.2. The summed E-state index contributed by atoms with van der Waals surface area (Å²) in [5, 5.41) is 0. The van der Waals surface area contributed by atoms with E-state index < -0.39 is 43.0 Å². The van der Waals surface area contributed by atoms with Crippen molar-refractivity contribution >= 4 is 43.0 Å². The van der Waals surface area contributed by atoms with E-state index in [-0.39, 0.29) is 17.1 Å². The fourth-order valence-corrected chi connectivity index (χ4v) is 6.79. The van der Waals surface area contributed by atoms with Crippen molar-refractivity contribution in [2.45, 2.75) is 0 Å². The summed E-state index contributed by atoms with van der Waals surface area (Å²) in [7, 11) is -6.46. The summed E-state index contributed by atoms with van der Waals surface area (Å²) in [6.45, 7) is 59.2. The Morgan fingerprint density at radius 2 is 0.227 bits per heavy atom. The van der Waals surface area contributed by atoms with Gasteiger partial charge in [0.1, 0.15) is 0 Å². The first kappa shape index (κ1) is 75.7. The van der Waals surface area contributed by atoms with E-state index in [1.54, 1.807) is 91.1 Å². The van der Waals surface area contributed by atoms with Gasteiger partial charge in [-0.3, -0.25) is 0 Å². The van der Waals surface area contributed by atoms with Crippen LogP contribution >= 0.6 is 43.0 Å². The maximum atomic E-state index is 5.20. The van der Waals surface area contributed by atoms with Crippen LogP contribution in [-0.2, 0) is 84.9 Å². The smallest absolute Gasteiger partial charge is 0.308 e. The van der Waals surface area contributed by atoms with Crippen LogP contribution in [0.3, 0.4) is 0 Å². The fraction of sp³-hybridized carbons (Fsp3) is 0.333. The molecule has 0 atom stereocenters. The molecule has 0 rings (SSSR count). The van der Waals surface area contributed by atoms with Crippen LogP contribution in [0.2, 0.25) is 0 Å². The standard InChI is InChI=1S/5C9H15O3P.Fe/c5*1-4-7-10-13(11-8-5-2)12-9-6-3;/h5*4-6H,1-3,7-9H2;. The molecule has 0 aliphatic rings. The molecule has 0 N–H and O–H groups in total. The monoisotopic (exact) mass is 1070 g/mol. The molecule has 66 heavy (non-hydrogen) atoms. The first-order valence-electron chi connectivity index (χ1n) is 19.3. The van der Waals surface area contributed by atoms with E-state index in [0.717, 1.165) is 0 Å². The molecule has 0 fully saturated rings. The van der Waals surface area contributed by atoms with Gasteiger partial charge in [-0.25, -0.2) is 0 Å². The Labute approximate surface area is 415 Å². The second-order valence-corrected chi connectivity index (χ2v) is 16.0. The SMILES string of the molecule is C=CCOP(OCC=C)OCC=C.C=CCOP(OCC=C)OCC=C.C=CCOP(OCC=C)OCC=C.C=CCOP(OCC=C)OCC=C.C=CCOP(OCC=C)OCC=C.[Fe]. The van der Waals surface area contributed by atoms with Crippen molar-refractivity contribution in [1.82, 2.24) is 0 Å². The van der Waals surface area contributed by atoms with Crippen LogP contribution < -0.4 is 0 Å². The maximum Gasteiger partial charge on any atom is 0.333 e. The van der Waals surface area contributed by atoms with Crippen molar-refractivity contribution in [3.05, 3.63) is 190 Å². The Kier molecular flexibility index (Phi) is 82.7. The molecular formula is C45H75FeO15P5. The molecular weight excluding hydrogens is 991 g/mol. The quantitative estimate of drug-likeness (QED) is 0.0324. The summed E-state index contributed by atoms with van der Waals surface area (Å²) < 4.78 is 78.0. The van der Waals surface area contributed by atoms with Crippen molar-refractivity contribution in [3.63, 3.8) is 0 Å². The average molecular weight is 1070 g/mol. The topological polar surface area (TPSA) is 138 Å². The predicted octanol–water partition coefficient (Wildman–Crippen LogP) is 14.1. The zero-order valence-electron chi connectivity index (χ0n) is 38.6. The van der Waals surface area contributed by atoms with Gasteiger partial charge in [-0.1, -0.05) is 91.1 Å². The van der Waals surface area contributed by atoms with Crippen LogP contribution in [0.15, 0.2) is 190 Å². The molecule has 378 valence electrons. The third kappa shape index (κ3) is 68.7. The molecule has 15 nitrogen and oxygen atoms in total. The van der Waals surface area contributed by atoms with Crippen molar-refractivity contribution in [2.24, 2.45) is 0 Å². The van der Waals surface area contributed by atoms with E-state index in [1.165, 1.54) is 0 Å². The van der Waals surface area contributed by atoms with Crippen molar-refractivity contribution in [2.75, 3.05) is 99.1 Å². The summed E-state index contributed by atoms with van der Waals surface area (Å²) in [5.74, 6) is 0. The molecule has 0 saturated carbocycles. The zero-order valence-corrected chi connectivity index (χ0v) is 44.2. The summed E-state index contributed by atoms with van der Waals surface area (Å²) in [5.41, 5.74) is 0. The number of rotatable bonds is 45. The van der Waals surface area contributed by atoms with Gasteiger partial charge in [0, 0.05) is 17.1 Å². The van der Waals surface area contributed by atoms with E-state index in [2.05, 4.69) is 98.7 Å². The molecule has 0 aromatic heterocycles. The first-order chi connectivity index (χ1) is 31.7. The van der Waals surface area contributed by atoms with Crippen molar-refractivity contribution in [1.29, 1.82) is 0 Å². The molecule has 0 saturated heterocycles. The first-order valence-corrected chi connectivity index (χ1v) is 24.8. The second-order valence-electron chi connectivity index (χ2n) is 9.88. The summed E-state index contributed by atoms with van der Waals surface area (Å²) in [4.78, 5) is 0. The van der Waals surface area contributed by atoms with Crippen molar-refractivity contribution in [3.8, 4) is 0 Å². The Hall–Kier alpha value is -1.83. The molecule has 0 aliphatic heterocycles. The van der Waals surface area contributed by atoms with Gasteiger partial charge in [-0.2, -0.15) is 0 Å². The number of hydrogen-bond acceptors (Lipinski definition) is 15. The van der Waals surface area contributed by atoms with Gasteiger partial charge >= 0.3 is 43.0 Å². The molecule has 0 aliphatic carbocycles. The molecule has 0 aromatic carbocycles. The number of hydrogen-bond donors (Lipinski definition) is 0. The van der Waals surface area contributed by atoms with E-state index in [0.29, 0.717) is 99.1 Å². The van der Waals surface area contributed by atoms with Gasteiger partial charge < -0.3 is 67.9 Å². The Balaban J connectivity index is -0.000000170. The Morgan fingerprint density at radius 3 is 0.273 bits per heavy atom. The largest absolute Gasteiger partial charge is 0.333 e. The Morgan fingerprint density at radius 1 is 0.167 bits per heavy atom. The maximum absolute atomic E-state index is 5.20. The van der Waals surface area contributed by atoms with E-state index in [9.17, 15) is 0 Å². The summed E-state index contributed by atoms with van der Waals surface area (Å²) in [6, 6.07) is 0. The van der Waals surface area contributed by atoms with Crippen LogP contribution in [0.5, 0.6) is 0 Å². The molecule has 21 heteroatoms. The third-order valence-electron chi connectivity index (χ3n) is 4.47. The minimum Gasteiger partial charge on any atom is -0.308 e. The molecule has 0 aromatic rings. The van der Waals surface area contributed by atoms with Crippen molar-refractivity contribution < 1.29 is 84.9 Å². The Bertz CT molecular complexity index is 868. The molecule has 0 unspecified atom stereocenters. The normalized spacial score (nSPS) is 9.77. The third-order valence-corrected chi connectivity index (χ3v) is 9.87. The fourth-order valence-electron chi connectivity index (χ4n) is 2.26. The predicted molar refractivity (Wildman–Crippen MR) is 277 cm³/mol. The molecule has 0 amide bonds. The minimum atomic E-state index is -1.29. The van der Waals surface area contributed by atoms with Gasteiger partial charge in [0.15, 0.2) is 0 Å². The van der Waals surface area contributed by atoms with Gasteiger partial charge in [-0.15, -0.1) is 98.7 Å². The van der Waals surface area contributed by atoms with Gasteiger partial charge in [0.2, 0.25) is 0 Å². The molecule has 0 spiro atoms. The van der Waals surface area contributed by atoms with Crippen LogP contribution in [0, 0.1) is 0 Å². The summed E-state index contributed by atoms with van der Waals surface area (Å²) >= 11 is 0. The zero-order chi connectivity index (χ0) is 49.7. The van der Waals surface area contributed by atoms with Crippen LogP contribution in [0.25, 0.3) is 0 Å². The van der Waals surface area contributed by atoms with Crippen LogP contribution in [0.4, 0.5) is 0 Å². The summed E-state index contributed by atoms with van der Waals surface area (Å²) in [6.07, 6.45) is 24.6.